The second kappa shape index (κ2) is 12.2. The van der Waals surface area contributed by atoms with E-state index in [4.69, 9.17) is 23.0 Å². The largest absolute Gasteiger partial charge is 0.383 e. The maximum absolute atomic E-state index is 15.0. The molecule has 8 heteroatoms. The average molecular weight is 497 g/mol. The van der Waals surface area contributed by atoms with E-state index in [0.717, 1.165) is 11.0 Å². The van der Waals surface area contributed by atoms with Crippen molar-refractivity contribution in [2.75, 3.05) is 37.5 Å². The summed E-state index contributed by atoms with van der Waals surface area (Å²) in [6, 6.07) is 15.6. The zero-order valence-corrected chi connectivity index (χ0v) is 20.4. The molecule has 37 heavy (non-hydrogen) atoms. The van der Waals surface area contributed by atoms with Crippen molar-refractivity contribution >= 4 is 29.1 Å². The molecule has 0 fully saturated rings. The molecule has 7 nitrogen and oxygen atoms in total. The quantitative estimate of drug-likeness (QED) is 0.285. The normalized spacial score (nSPS) is 10.1. The van der Waals surface area contributed by atoms with E-state index in [1.54, 1.807) is 43.3 Å². The highest BCUT2D eigenvalue weighted by molar-refractivity contribution is 6.23. The van der Waals surface area contributed by atoms with E-state index in [1.807, 2.05) is 0 Å². The van der Waals surface area contributed by atoms with Crippen molar-refractivity contribution < 1.29 is 18.7 Å². The number of ether oxygens (including phenoxy) is 1. The Morgan fingerprint density at radius 2 is 1.70 bits per heavy atom. The van der Waals surface area contributed by atoms with Gasteiger partial charge in [-0.25, -0.2) is 14.1 Å². The molecule has 0 aliphatic rings. The number of halogens is 1. The molecule has 0 spiro atoms. The van der Waals surface area contributed by atoms with Gasteiger partial charge in [-0.05, 0) is 60.7 Å². The summed E-state index contributed by atoms with van der Waals surface area (Å²) in [4.78, 5) is 29.2. The summed E-state index contributed by atoms with van der Waals surface area (Å²) in [5.74, 6) is 3.59. The van der Waals surface area contributed by atoms with Crippen molar-refractivity contribution in [1.82, 2.24) is 4.90 Å². The SMILES string of the molecule is C#Cc1ccc(N(C(=O)Nc2ccc(C(=N)N(C)CCOC)cc2F)C(=O)c2cccc(C#C)c2)cc1. The molecule has 0 saturated heterocycles. The fourth-order valence-electron chi connectivity index (χ4n) is 3.40. The highest BCUT2D eigenvalue weighted by Crippen LogP contribution is 2.23. The van der Waals surface area contributed by atoms with Crippen LogP contribution in [0.25, 0.3) is 0 Å². The smallest absolute Gasteiger partial charge is 0.333 e. The lowest BCUT2D eigenvalue weighted by Gasteiger charge is -2.23. The minimum absolute atomic E-state index is 0.0904. The molecule has 0 radical (unpaired) electrons. The maximum Gasteiger partial charge on any atom is 0.333 e. The summed E-state index contributed by atoms with van der Waals surface area (Å²) in [5.41, 5.74) is 1.59. The fraction of sp³-hybridized carbons (Fsp3) is 0.138. The molecular weight excluding hydrogens is 471 g/mol. The minimum atomic E-state index is -0.886. The Bertz CT molecular complexity index is 1400. The molecule has 0 bridgehead atoms. The van der Waals surface area contributed by atoms with Gasteiger partial charge < -0.3 is 15.0 Å². The minimum Gasteiger partial charge on any atom is -0.383 e. The molecule has 3 amide bonds. The van der Waals surface area contributed by atoms with Crippen molar-refractivity contribution in [3.8, 4) is 24.7 Å². The number of amides is 3. The van der Waals surface area contributed by atoms with Gasteiger partial charge in [-0.2, -0.15) is 0 Å². The first-order valence-electron chi connectivity index (χ1n) is 11.2. The molecule has 0 atom stereocenters. The van der Waals surface area contributed by atoms with E-state index in [0.29, 0.717) is 29.8 Å². The van der Waals surface area contributed by atoms with Gasteiger partial charge in [-0.1, -0.05) is 17.9 Å². The molecule has 0 aliphatic carbocycles. The van der Waals surface area contributed by atoms with Crippen LogP contribution in [0.1, 0.15) is 27.0 Å². The molecular formula is C29H25FN4O3. The van der Waals surface area contributed by atoms with E-state index in [1.165, 1.54) is 36.4 Å². The number of carbonyl (C=O) groups is 2. The molecule has 0 saturated carbocycles. The summed E-state index contributed by atoms with van der Waals surface area (Å²) >= 11 is 0. The van der Waals surface area contributed by atoms with Crippen LogP contribution in [-0.4, -0.2) is 50.0 Å². The summed E-state index contributed by atoms with van der Waals surface area (Å²) in [7, 11) is 3.25. The second-order valence-electron chi connectivity index (χ2n) is 7.94. The predicted octanol–water partition coefficient (Wildman–Crippen LogP) is 4.57. The molecule has 2 N–H and O–H groups in total. The van der Waals surface area contributed by atoms with Crippen LogP contribution in [0, 0.1) is 35.9 Å². The van der Waals surface area contributed by atoms with Gasteiger partial charge >= 0.3 is 6.03 Å². The molecule has 3 aromatic carbocycles. The number of hydrogen-bond acceptors (Lipinski definition) is 4. The first kappa shape index (κ1) is 26.7. The Hall–Kier alpha value is -4.92. The lowest BCUT2D eigenvalue weighted by atomic mass is 10.1. The number of anilines is 2. The van der Waals surface area contributed by atoms with Crippen LogP contribution in [-0.2, 0) is 4.74 Å². The molecule has 3 rings (SSSR count). The standard InChI is InChI=1S/C29H25FN4O3/c1-5-20-10-13-24(14-11-20)34(28(35)23-9-7-8-21(6-2)18-23)29(36)32-26-15-12-22(19-25(26)30)27(31)33(3)16-17-37-4/h1-2,7-15,18-19,31H,16-17H2,3-4H3,(H,32,36). The number of nitrogens with zero attached hydrogens (tertiary/aromatic N) is 2. The van der Waals surface area contributed by atoms with Crippen LogP contribution in [0.5, 0.6) is 0 Å². The molecule has 0 unspecified atom stereocenters. The van der Waals surface area contributed by atoms with E-state index in [9.17, 15) is 14.0 Å². The fourth-order valence-corrected chi connectivity index (χ4v) is 3.40. The van der Waals surface area contributed by atoms with Crippen molar-refractivity contribution in [2.45, 2.75) is 0 Å². The average Bonchev–Trinajstić information content (AvgIpc) is 2.92. The number of hydrogen-bond donors (Lipinski definition) is 2. The van der Waals surface area contributed by atoms with Gasteiger partial charge in [0.05, 0.1) is 18.0 Å². The zero-order chi connectivity index (χ0) is 26.9. The monoisotopic (exact) mass is 496 g/mol. The second-order valence-corrected chi connectivity index (χ2v) is 7.94. The Morgan fingerprint density at radius 3 is 2.32 bits per heavy atom. The Morgan fingerprint density at radius 1 is 1.00 bits per heavy atom. The summed E-state index contributed by atoms with van der Waals surface area (Å²) in [5, 5.41) is 10.7. The number of carbonyl (C=O) groups excluding carboxylic acids is 2. The Labute approximate surface area is 215 Å². The number of benzene rings is 3. The lowest BCUT2D eigenvalue weighted by Crippen LogP contribution is -2.40. The molecule has 3 aromatic rings. The number of rotatable bonds is 7. The van der Waals surface area contributed by atoms with Gasteiger partial charge in [0.2, 0.25) is 0 Å². The summed E-state index contributed by atoms with van der Waals surface area (Å²) in [6.07, 6.45) is 10.9. The number of likely N-dealkylation sites (N-methyl/N-ethyl adjacent to an activating group) is 1. The Kier molecular flexibility index (Phi) is 8.77. The first-order chi connectivity index (χ1) is 17.8. The number of imide groups is 1. The van der Waals surface area contributed by atoms with Crippen molar-refractivity contribution in [3.63, 3.8) is 0 Å². The Balaban J connectivity index is 1.91. The molecule has 0 heterocycles. The third-order valence-corrected chi connectivity index (χ3v) is 5.47. The number of terminal acetylenes is 2. The first-order valence-corrected chi connectivity index (χ1v) is 11.2. The van der Waals surface area contributed by atoms with E-state index >= 15 is 0 Å². The van der Waals surface area contributed by atoms with E-state index in [-0.39, 0.29) is 22.8 Å². The van der Waals surface area contributed by atoms with Crippen LogP contribution < -0.4 is 10.2 Å². The highest BCUT2D eigenvalue weighted by atomic mass is 19.1. The summed E-state index contributed by atoms with van der Waals surface area (Å²) in [6.45, 7) is 0.859. The van der Waals surface area contributed by atoms with Gasteiger partial charge in [0.15, 0.2) is 0 Å². The van der Waals surface area contributed by atoms with Gasteiger partial charge in [0.1, 0.15) is 11.7 Å². The lowest BCUT2D eigenvalue weighted by molar-refractivity contribution is 0.0995. The van der Waals surface area contributed by atoms with Gasteiger partial charge in [0.25, 0.3) is 5.91 Å². The third-order valence-electron chi connectivity index (χ3n) is 5.47. The number of nitrogens with one attached hydrogen (secondary N) is 2. The van der Waals surface area contributed by atoms with Gasteiger partial charge in [0, 0.05) is 43.0 Å². The van der Waals surface area contributed by atoms with Crippen LogP contribution >= 0.6 is 0 Å². The number of methoxy groups -OCH3 is 1. The van der Waals surface area contributed by atoms with Crippen molar-refractivity contribution in [3.05, 3.63) is 94.8 Å². The van der Waals surface area contributed by atoms with Gasteiger partial charge in [-0.3, -0.25) is 10.2 Å². The summed E-state index contributed by atoms with van der Waals surface area (Å²) < 4.78 is 20.0. The van der Waals surface area contributed by atoms with Gasteiger partial charge in [-0.15, -0.1) is 12.8 Å². The van der Waals surface area contributed by atoms with E-state index in [2.05, 4.69) is 17.2 Å². The molecule has 186 valence electrons. The maximum atomic E-state index is 15.0. The van der Waals surface area contributed by atoms with Crippen LogP contribution in [0.4, 0.5) is 20.6 Å². The van der Waals surface area contributed by atoms with E-state index < -0.39 is 17.8 Å². The van der Waals surface area contributed by atoms with Crippen LogP contribution in [0.15, 0.2) is 66.7 Å². The third kappa shape index (κ3) is 6.40. The highest BCUT2D eigenvalue weighted by Gasteiger charge is 2.26. The molecule has 0 aromatic heterocycles. The van der Waals surface area contributed by atoms with Crippen LogP contribution in [0.2, 0.25) is 0 Å². The topological polar surface area (TPSA) is 85.7 Å². The molecule has 0 aliphatic heterocycles. The number of amidine groups is 1. The zero-order valence-electron chi connectivity index (χ0n) is 20.4. The van der Waals surface area contributed by atoms with Crippen LogP contribution in [0.3, 0.4) is 0 Å². The van der Waals surface area contributed by atoms with Crippen molar-refractivity contribution in [1.29, 1.82) is 5.41 Å². The number of urea groups is 1. The predicted molar refractivity (Wildman–Crippen MR) is 142 cm³/mol. The van der Waals surface area contributed by atoms with Crippen molar-refractivity contribution in [2.24, 2.45) is 0 Å².